The summed E-state index contributed by atoms with van der Waals surface area (Å²) in [6.07, 6.45) is 18.2. The molecule has 0 aliphatic carbocycles. The van der Waals surface area contributed by atoms with Gasteiger partial charge in [0.15, 0.2) is 0 Å². The molecule has 1 saturated heterocycles. The molecule has 0 saturated carbocycles. The summed E-state index contributed by atoms with van der Waals surface area (Å²) in [7, 11) is -1.27. The maximum absolute atomic E-state index is 9.04. The predicted octanol–water partition coefficient (Wildman–Crippen LogP) is 4.90. The van der Waals surface area contributed by atoms with Crippen molar-refractivity contribution < 1.29 is 38.4 Å². The molecule has 1 fully saturated rings. The minimum absolute atomic E-state index is 0.0140. The van der Waals surface area contributed by atoms with Crippen LogP contribution in [-0.4, -0.2) is 73.3 Å². The van der Waals surface area contributed by atoms with E-state index in [0.29, 0.717) is 12.7 Å². The fraction of sp³-hybridized carbons (Fsp3) is 1.00. The van der Waals surface area contributed by atoms with Gasteiger partial charge >= 0.3 is 8.25 Å². The van der Waals surface area contributed by atoms with Gasteiger partial charge in [-0.2, -0.15) is 0 Å². The summed E-state index contributed by atoms with van der Waals surface area (Å²) < 4.78 is 31.4. The number of hydrogen-bond donors (Lipinski definition) is 3. The van der Waals surface area contributed by atoms with E-state index in [0.717, 1.165) is 39.1 Å². The Labute approximate surface area is 202 Å². The third-order valence-corrected chi connectivity index (χ3v) is 5.87. The van der Waals surface area contributed by atoms with Gasteiger partial charge < -0.3 is 24.1 Å². The first kappa shape index (κ1) is 32.8. The Kier molecular flexibility index (Phi) is 24.8. The normalized spacial score (nSPS) is 19.1. The van der Waals surface area contributed by atoms with Crippen LogP contribution in [0.3, 0.4) is 0 Å². The van der Waals surface area contributed by atoms with Gasteiger partial charge in [-0.1, -0.05) is 77.6 Å². The molecular formula is C24H50O8P+. The first-order valence-electron chi connectivity index (χ1n) is 12.8. The number of unbranched alkanes of at least 4 members (excludes halogenated alkanes) is 10. The van der Waals surface area contributed by atoms with Gasteiger partial charge in [-0.15, -0.1) is 9.79 Å². The van der Waals surface area contributed by atoms with Gasteiger partial charge in [0.25, 0.3) is 0 Å². The van der Waals surface area contributed by atoms with Crippen LogP contribution in [0.4, 0.5) is 0 Å². The van der Waals surface area contributed by atoms with E-state index in [4.69, 9.17) is 38.4 Å². The van der Waals surface area contributed by atoms with Crippen LogP contribution in [-0.2, 0) is 23.5 Å². The largest absolute Gasteiger partial charge is 0.692 e. The number of aliphatic hydroxyl groups excluding tert-OH is 1. The van der Waals surface area contributed by atoms with Gasteiger partial charge in [0.2, 0.25) is 0 Å². The van der Waals surface area contributed by atoms with Gasteiger partial charge in [-0.3, -0.25) is 0 Å². The van der Waals surface area contributed by atoms with Crippen LogP contribution in [0, 0.1) is 0 Å². The summed E-state index contributed by atoms with van der Waals surface area (Å²) in [5.74, 6) is 0. The summed E-state index contributed by atoms with van der Waals surface area (Å²) in [5, 5.41) is 9.04. The second kappa shape index (κ2) is 24.9. The molecule has 1 heterocycles. The molecule has 0 aromatic heterocycles. The number of aliphatic hydroxyl groups is 1. The fourth-order valence-corrected chi connectivity index (χ4v) is 3.94. The molecule has 3 unspecified atom stereocenters. The molecule has 0 aromatic rings. The molecule has 0 radical (unpaired) electrons. The molecule has 3 N–H and O–H groups in total. The molecule has 1 rings (SSSR count). The molecule has 8 nitrogen and oxygen atoms in total. The zero-order valence-electron chi connectivity index (χ0n) is 21.0. The summed E-state index contributed by atoms with van der Waals surface area (Å²) in [6, 6.07) is 0. The van der Waals surface area contributed by atoms with Crippen molar-refractivity contribution in [1.29, 1.82) is 0 Å². The van der Waals surface area contributed by atoms with Crippen LogP contribution in [0.1, 0.15) is 96.8 Å². The van der Waals surface area contributed by atoms with Gasteiger partial charge in [0.05, 0.1) is 38.6 Å². The van der Waals surface area contributed by atoms with Gasteiger partial charge in [-0.25, -0.2) is 0 Å². The fourth-order valence-electron chi connectivity index (χ4n) is 3.94. The highest BCUT2D eigenvalue weighted by Crippen LogP contribution is 2.22. The van der Waals surface area contributed by atoms with Crippen LogP contribution >= 0.6 is 8.25 Å². The van der Waals surface area contributed by atoms with Crippen molar-refractivity contribution >= 4 is 8.25 Å². The molecular weight excluding hydrogens is 447 g/mol. The summed E-state index contributed by atoms with van der Waals surface area (Å²) >= 11 is 0. The van der Waals surface area contributed by atoms with Crippen molar-refractivity contribution in [2.75, 3.05) is 40.1 Å². The second-order valence-corrected chi connectivity index (χ2v) is 9.16. The van der Waals surface area contributed by atoms with Crippen molar-refractivity contribution in [3.05, 3.63) is 0 Å². The van der Waals surface area contributed by atoms with Crippen LogP contribution in [0.5, 0.6) is 0 Å². The molecule has 1 aliphatic heterocycles. The van der Waals surface area contributed by atoms with Crippen LogP contribution < -0.4 is 0 Å². The predicted molar refractivity (Wildman–Crippen MR) is 131 cm³/mol. The van der Waals surface area contributed by atoms with Crippen molar-refractivity contribution in [2.45, 2.75) is 115 Å². The van der Waals surface area contributed by atoms with Gasteiger partial charge in [-0.05, 0) is 19.3 Å². The van der Waals surface area contributed by atoms with Crippen molar-refractivity contribution in [2.24, 2.45) is 0 Å². The molecule has 0 amide bonds. The molecule has 3 atom stereocenters. The highest BCUT2D eigenvalue weighted by atomic mass is 31.1. The van der Waals surface area contributed by atoms with E-state index in [1.165, 1.54) is 70.6 Å². The van der Waals surface area contributed by atoms with E-state index in [9.17, 15) is 0 Å². The standard InChI is InChI=1S/C24H48O5.HO3P/c1-3-4-5-6-7-8-9-12-15-23-24(29-19-18-28-23)16-13-10-11-14-17-27-21-22(20-25)26-2;1-4(2)3/h22-25H,3-21H2,1-2H3;(H-,1,2,3)/p+1. The number of methoxy groups -OCH3 is 1. The lowest BCUT2D eigenvalue weighted by atomic mass is 9.99. The quantitative estimate of drug-likeness (QED) is 0.161. The Morgan fingerprint density at radius 2 is 1.30 bits per heavy atom. The Morgan fingerprint density at radius 3 is 1.76 bits per heavy atom. The monoisotopic (exact) mass is 497 g/mol. The van der Waals surface area contributed by atoms with Crippen LogP contribution in [0.15, 0.2) is 0 Å². The van der Waals surface area contributed by atoms with Gasteiger partial charge in [0.1, 0.15) is 6.10 Å². The third kappa shape index (κ3) is 22.1. The van der Waals surface area contributed by atoms with E-state index in [-0.39, 0.29) is 18.8 Å². The van der Waals surface area contributed by atoms with Crippen LogP contribution in [0.25, 0.3) is 0 Å². The Morgan fingerprint density at radius 1 is 0.848 bits per heavy atom. The molecule has 1 aliphatic rings. The minimum atomic E-state index is -2.87. The number of hydrogen-bond acceptors (Lipinski definition) is 6. The molecule has 0 aromatic carbocycles. The highest BCUT2D eigenvalue weighted by molar-refractivity contribution is 7.30. The lowest BCUT2D eigenvalue weighted by Crippen LogP contribution is -2.38. The Bertz CT molecular complexity index is 419. The molecule has 198 valence electrons. The van der Waals surface area contributed by atoms with Crippen molar-refractivity contribution in [3.63, 3.8) is 0 Å². The average Bonchev–Trinajstić information content (AvgIpc) is 2.80. The van der Waals surface area contributed by atoms with Crippen LogP contribution in [0.2, 0.25) is 0 Å². The van der Waals surface area contributed by atoms with Crippen molar-refractivity contribution in [3.8, 4) is 0 Å². The van der Waals surface area contributed by atoms with E-state index >= 15 is 0 Å². The smallest absolute Gasteiger partial charge is 0.394 e. The lowest BCUT2D eigenvalue weighted by molar-refractivity contribution is -0.145. The van der Waals surface area contributed by atoms with E-state index in [1.807, 2.05) is 0 Å². The molecule has 9 heteroatoms. The first-order valence-corrected chi connectivity index (χ1v) is 14.0. The zero-order chi connectivity index (χ0) is 24.6. The van der Waals surface area contributed by atoms with Gasteiger partial charge in [0, 0.05) is 18.3 Å². The number of rotatable bonds is 20. The maximum Gasteiger partial charge on any atom is 0.692 e. The Balaban J connectivity index is 0.00000235. The van der Waals surface area contributed by atoms with E-state index in [2.05, 4.69) is 6.92 Å². The number of ether oxygens (including phenoxy) is 4. The third-order valence-electron chi connectivity index (χ3n) is 5.87. The van der Waals surface area contributed by atoms with Crippen molar-refractivity contribution in [1.82, 2.24) is 0 Å². The minimum Gasteiger partial charge on any atom is -0.394 e. The first-order chi connectivity index (χ1) is 16.0. The van der Waals surface area contributed by atoms with E-state index in [1.54, 1.807) is 7.11 Å². The summed E-state index contributed by atoms with van der Waals surface area (Å²) in [5.41, 5.74) is 0. The molecule has 0 spiro atoms. The maximum atomic E-state index is 9.04. The summed E-state index contributed by atoms with van der Waals surface area (Å²) in [4.78, 5) is 14.2. The highest BCUT2D eigenvalue weighted by Gasteiger charge is 2.25. The Hall–Kier alpha value is -0.180. The second-order valence-electron chi connectivity index (χ2n) is 8.65. The SMILES string of the molecule is CCCCCCCCCCC1OCCOC1CCCCCCOCC(CO)OC.O=[P+](O)O. The average molecular weight is 498 g/mol. The summed E-state index contributed by atoms with van der Waals surface area (Å²) in [6.45, 7) is 5.00. The lowest BCUT2D eigenvalue weighted by Gasteiger charge is -2.32. The molecule has 33 heavy (non-hydrogen) atoms. The molecule has 0 bridgehead atoms. The zero-order valence-corrected chi connectivity index (χ0v) is 21.9. The van der Waals surface area contributed by atoms with E-state index < -0.39 is 8.25 Å². The topological polar surface area (TPSA) is 115 Å².